The van der Waals surface area contributed by atoms with Gasteiger partial charge in [0.1, 0.15) is 0 Å². The van der Waals surface area contributed by atoms with Gasteiger partial charge in [0, 0.05) is 15.1 Å². The zero-order valence-electron chi connectivity index (χ0n) is 12.0. The normalized spacial score (nSPS) is 10.2. The van der Waals surface area contributed by atoms with Crippen LogP contribution in [0.25, 0.3) is 0 Å². The predicted molar refractivity (Wildman–Crippen MR) is 96.7 cm³/mol. The Morgan fingerprint density at radius 3 is 2.71 bits per heavy atom. The standard InChI is InChI=1S/C16H18BrN3S/c1-3-11-5-4-6-12(9-11)19-16(18)20-15-10-13(21-2)7-8-14(15)17/h4-10H,3H2,1-2H3,(H3,18,19,20). The van der Waals surface area contributed by atoms with Crippen molar-refractivity contribution < 1.29 is 0 Å². The van der Waals surface area contributed by atoms with Gasteiger partial charge in [0.25, 0.3) is 0 Å². The highest BCUT2D eigenvalue weighted by atomic mass is 79.9. The van der Waals surface area contributed by atoms with Crippen molar-refractivity contribution in [3.63, 3.8) is 0 Å². The Bertz CT molecular complexity index is 643. The second-order valence-electron chi connectivity index (χ2n) is 4.52. The highest BCUT2D eigenvalue weighted by Gasteiger charge is 2.04. The van der Waals surface area contributed by atoms with Crippen molar-refractivity contribution in [2.24, 2.45) is 0 Å². The van der Waals surface area contributed by atoms with Gasteiger partial charge in [-0.3, -0.25) is 5.41 Å². The van der Waals surface area contributed by atoms with E-state index in [1.807, 2.05) is 36.6 Å². The number of aryl methyl sites for hydroxylation is 1. The predicted octanol–water partition coefficient (Wildman–Crippen LogP) is 5.19. The van der Waals surface area contributed by atoms with Gasteiger partial charge >= 0.3 is 0 Å². The molecule has 0 saturated carbocycles. The zero-order chi connectivity index (χ0) is 15.2. The monoisotopic (exact) mass is 363 g/mol. The SMILES string of the molecule is CCc1cccc(NC(=N)Nc2cc(SC)ccc2Br)c1. The van der Waals surface area contributed by atoms with Gasteiger partial charge in [-0.2, -0.15) is 0 Å². The van der Waals surface area contributed by atoms with Crippen LogP contribution in [0.3, 0.4) is 0 Å². The summed E-state index contributed by atoms with van der Waals surface area (Å²) in [5.41, 5.74) is 3.05. The van der Waals surface area contributed by atoms with Crippen molar-refractivity contribution in [2.75, 3.05) is 16.9 Å². The summed E-state index contributed by atoms with van der Waals surface area (Å²) < 4.78 is 0.939. The third-order valence-corrected chi connectivity index (χ3v) is 4.45. The van der Waals surface area contributed by atoms with Crippen LogP contribution in [-0.4, -0.2) is 12.2 Å². The van der Waals surface area contributed by atoms with Crippen molar-refractivity contribution in [1.82, 2.24) is 0 Å². The molecule has 0 aliphatic rings. The molecule has 0 amide bonds. The van der Waals surface area contributed by atoms with Crippen LogP contribution in [0.1, 0.15) is 12.5 Å². The molecule has 0 bridgehead atoms. The van der Waals surface area contributed by atoms with Crippen molar-refractivity contribution in [1.29, 1.82) is 5.41 Å². The Hall–Kier alpha value is -1.46. The summed E-state index contributed by atoms with van der Waals surface area (Å²) in [5, 5.41) is 14.2. The second kappa shape index (κ2) is 7.52. The first-order chi connectivity index (χ1) is 10.1. The minimum Gasteiger partial charge on any atom is -0.326 e. The molecule has 21 heavy (non-hydrogen) atoms. The fourth-order valence-corrected chi connectivity index (χ4v) is 2.69. The average molecular weight is 364 g/mol. The molecule has 2 aromatic rings. The number of anilines is 2. The molecule has 0 spiro atoms. The third-order valence-electron chi connectivity index (χ3n) is 3.04. The zero-order valence-corrected chi connectivity index (χ0v) is 14.4. The summed E-state index contributed by atoms with van der Waals surface area (Å²) in [6.45, 7) is 2.12. The minimum atomic E-state index is 0.252. The molecule has 0 heterocycles. The van der Waals surface area contributed by atoms with Gasteiger partial charge in [0.05, 0.1) is 5.69 Å². The molecular weight excluding hydrogens is 346 g/mol. The maximum absolute atomic E-state index is 8.07. The highest BCUT2D eigenvalue weighted by Crippen LogP contribution is 2.27. The van der Waals surface area contributed by atoms with E-state index >= 15 is 0 Å². The van der Waals surface area contributed by atoms with Crippen molar-refractivity contribution >= 4 is 45.0 Å². The summed E-state index contributed by atoms with van der Waals surface area (Å²) >= 11 is 5.18. The maximum atomic E-state index is 8.07. The number of rotatable bonds is 4. The molecular formula is C16H18BrN3S. The molecule has 2 rings (SSSR count). The molecule has 0 saturated heterocycles. The second-order valence-corrected chi connectivity index (χ2v) is 6.26. The molecule has 0 aliphatic carbocycles. The smallest absolute Gasteiger partial charge is 0.197 e. The van der Waals surface area contributed by atoms with Gasteiger partial charge in [-0.15, -0.1) is 11.8 Å². The van der Waals surface area contributed by atoms with E-state index in [0.29, 0.717) is 0 Å². The maximum Gasteiger partial charge on any atom is 0.197 e. The summed E-state index contributed by atoms with van der Waals surface area (Å²) in [6.07, 6.45) is 3.02. The van der Waals surface area contributed by atoms with E-state index in [0.717, 1.165) is 27.2 Å². The van der Waals surface area contributed by atoms with Gasteiger partial charge in [-0.25, -0.2) is 0 Å². The Labute approximate surface area is 138 Å². The Morgan fingerprint density at radius 1 is 1.19 bits per heavy atom. The molecule has 3 nitrogen and oxygen atoms in total. The summed E-state index contributed by atoms with van der Waals surface area (Å²) in [6, 6.07) is 14.2. The lowest BCUT2D eigenvalue weighted by atomic mass is 10.1. The van der Waals surface area contributed by atoms with E-state index in [4.69, 9.17) is 5.41 Å². The van der Waals surface area contributed by atoms with Gasteiger partial charge in [0.2, 0.25) is 0 Å². The van der Waals surface area contributed by atoms with Crippen LogP contribution in [-0.2, 0) is 6.42 Å². The number of thioether (sulfide) groups is 1. The van der Waals surface area contributed by atoms with E-state index in [2.05, 4.69) is 45.6 Å². The lowest BCUT2D eigenvalue weighted by Gasteiger charge is -2.13. The minimum absolute atomic E-state index is 0.252. The highest BCUT2D eigenvalue weighted by molar-refractivity contribution is 9.10. The van der Waals surface area contributed by atoms with Crippen LogP contribution in [0.4, 0.5) is 11.4 Å². The van der Waals surface area contributed by atoms with Gasteiger partial charge in [0.15, 0.2) is 5.96 Å². The average Bonchev–Trinajstić information content (AvgIpc) is 2.49. The van der Waals surface area contributed by atoms with E-state index in [1.54, 1.807) is 11.8 Å². The molecule has 0 aliphatic heterocycles. The van der Waals surface area contributed by atoms with Crippen molar-refractivity contribution in [2.45, 2.75) is 18.2 Å². The quantitative estimate of drug-likeness (QED) is 0.397. The topological polar surface area (TPSA) is 47.9 Å². The molecule has 0 unspecified atom stereocenters. The van der Waals surface area contributed by atoms with Gasteiger partial charge in [-0.1, -0.05) is 19.1 Å². The third kappa shape index (κ3) is 4.51. The number of guanidine groups is 1. The first-order valence-electron chi connectivity index (χ1n) is 6.67. The molecule has 110 valence electrons. The van der Waals surface area contributed by atoms with E-state index in [9.17, 15) is 0 Å². The first kappa shape index (κ1) is 15.9. The van der Waals surface area contributed by atoms with Crippen LogP contribution in [0, 0.1) is 5.41 Å². The summed E-state index contributed by atoms with van der Waals surface area (Å²) in [4.78, 5) is 1.15. The molecule has 5 heteroatoms. The molecule has 0 radical (unpaired) electrons. The van der Waals surface area contributed by atoms with Crippen molar-refractivity contribution in [3.8, 4) is 0 Å². The van der Waals surface area contributed by atoms with Crippen LogP contribution in [0.15, 0.2) is 51.8 Å². The number of benzene rings is 2. The van der Waals surface area contributed by atoms with Gasteiger partial charge in [-0.05, 0) is 64.5 Å². The number of hydrogen-bond donors (Lipinski definition) is 3. The van der Waals surface area contributed by atoms with E-state index < -0.39 is 0 Å². The fourth-order valence-electron chi connectivity index (χ4n) is 1.91. The number of hydrogen-bond acceptors (Lipinski definition) is 2. The lowest BCUT2D eigenvalue weighted by molar-refractivity contribution is 1.14. The molecule has 0 fully saturated rings. The molecule has 0 aromatic heterocycles. The van der Waals surface area contributed by atoms with Crippen LogP contribution >= 0.6 is 27.7 Å². The number of nitrogens with one attached hydrogen (secondary N) is 3. The fraction of sp³-hybridized carbons (Fsp3) is 0.188. The van der Waals surface area contributed by atoms with Gasteiger partial charge < -0.3 is 10.6 Å². The van der Waals surface area contributed by atoms with E-state index in [-0.39, 0.29) is 5.96 Å². The van der Waals surface area contributed by atoms with Crippen LogP contribution in [0.5, 0.6) is 0 Å². The lowest BCUT2D eigenvalue weighted by Crippen LogP contribution is -2.20. The Morgan fingerprint density at radius 2 is 2.00 bits per heavy atom. The molecule has 2 aromatic carbocycles. The Balaban J connectivity index is 2.07. The van der Waals surface area contributed by atoms with Crippen molar-refractivity contribution in [3.05, 3.63) is 52.5 Å². The molecule has 0 atom stereocenters. The van der Waals surface area contributed by atoms with Crippen LogP contribution in [0.2, 0.25) is 0 Å². The summed E-state index contributed by atoms with van der Waals surface area (Å²) in [5.74, 6) is 0.252. The van der Waals surface area contributed by atoms with Crippen LogP contribution < -0.4 is 10.6 Å². The number of halogens is 1. The first-order valence-corrected chi connectivity index (χ1v) is 8.69. The van der Waals surface area contributed by atoms with E-state index in [1.165, 1.54) is 5.56 Å². The Kier molecular flexibility index (Phi) is 5.70. The summed E-state index contributed by atoms with van der Waals surface area (Å²) in [7, 11) is 0. The molecule has 3 N–H and O–H groups in total. The largest absolute Gasteiger partial charge is 0.326 e.